The summed E-state index contributed by atoms with van der Waals surface area (Å²) in [5.41, 5.74) is 0. The fraction of sp³-hybridized carbons (Fsp3) is 0.880. The summed E-state index contributed by atoms with van der Waals surface area (Å²) >= 11 is 0. The second-order valence-corrected chi connectivity index (χ2v) is 10.7. The summed E-state index contributed by atoms with van der Waals surface area (Å²) in [6.07, 6.45) is 9.62. The van der Waals surface area contributed by atoms with Crippen molar-refractivity contribution in [3.8, 4) is 17.9 Å². The third-order valence-electron chi connectivity index (χ3n) is 6.20. The quantitative estimate of drug-likeness (QED) is 0.157. The molecule has 0 radical (unpaired) electrons. The third-order valence-corrected chi connectivity index (χ3v) is 8.30. The fourth-order valence-electron chi connectivity index (χ4n) is 4.62. The average molecular weight is 451 g/mol. The molecule has 6 heteroatoms. The predicted octanol–water partition coefficient (Wildman–Crippen LogP) is 6.30. The number of nitriles is 1. The summed E-state index contributed by atoms with van der Waals surface area (Å²) in [5.74, 6) is 9.11. The molecule has 0 aliphatic heterocycles. The molecule has 1 fully saturated rings. The molecular weight excluding hydrogens is 407 g/mol. The van der Waals surface area contributed by atoms with Crippen molar-refractivity contribution in [1.82, 2.24) is 4.67 Å². The van der Waals surface area contributed by atoms with E-state index < -0.39 is 8.53 Å². The Balaban J connectivity index is 1.52. The van der Waals surface area contributed by atoms with Gasteiger partial charge in [0, 0.05) is 38.1 Å². The molecule has 5 nitrogen and oxygen atoms in total. The first-order chi connectivity index (χ1) is 15.1. The predicted molar refractivity (Wildman–Crippen MR) is 127 cm³/mol. The average Bonchev–Trinajstić information content (AvgIpc) is 3.34. The number of fused-ring (bicyclic) bond motifs is 1. The number of rotatable bonds is 16. The van der Waals surface area contributed by atoms with Crippen molar-refractivity contribution < 1.29 is 13.8 Å². The van der Waals surface area contributed by atoms with E-state index in [1.807, 2.05) is 0 Å². The Morgan fingerprint density at radius 1 is 0.903 bits per heavy atom. The van der Waals surface area contributed by atoms with Gasteiger partial charge < -0.3 is 13.8 Å². The molecule has 0 aromatic carbocycles. The topological polar surface area (TPSA) is 54.7 Å². The van der Waals surface area contributed by atoms with Crippen LogP contribution in [0, 0.1) is 40.9 Å². The van der Waals surface area contributed by atoms with Crippen molar-refractivity contribution >= 4 is 8.53 Å². The fourth-order valence-corrected chi connectivity index (χ4v) is 6.25. The normalized spacial score (nSPS) is 23.6. The van der Waals surface area contributed by atoms with E-state index in [0.29, 0.717) is 31.7 Å². The van der Waals surface area contributed by atoms with Gasteiger partial charge in [-0.15, -0.1) is 11.8 Å². The SMILES string of the molecule is CC(C)N(C(C)C)P(OCCC#N)OCCCCCCOCC1[C@H]2CCC#CCC[C@@H]12. The van der Waals surface area contributed by atoms with Crippen LogP contribution in [-0.2, 0) is 13.8 Å². The van der Waals surface area contributed by atoms with Crippen molar-refractivity contribution in [2.45, 2.75) is 97.6 Å². The van der Waals surface area contributed by atoms with Gasteiger partial charge in [0.2, 0.25) is 0 Å². The maximum absolute atomic E-state index is 8.79. The van der Waals surface area contributed by atoms with Crippen molar-refractivity contribution in [2.75, 3.05) is 26.4 Å². The molecule has 4 atom stereocenters. The summed E-state index contributed by atoms with van der Waals surface area (Å²) < 4.78 is 20.3. The molecule has 2 aliphatic rings. The van der Waals surface area contributed by atoms with Gasteiger partial charge in [-0.05, 0) is 71.1 Å². The minimum Gasteiger partial charge on any atom is -0.381 e. The third kappa shape index (κ3) is 9.77. The highest BCUT2D eigenvalue weighted by molar-refractivity contribution is 7.44. The molecule has 176 valence electrons. The van der Waals surface area contributed by atoms with E-state index in [-0.39, 0.29) is 0 Å². The lowest BCUT2D eigenvalue weighted by Gasteiger charge is -2.35. The van der Waals surface area contributed by atoms with Gasteiger partial charge in [-0.2, -0.15) is 5.26 Å². The summed E-state index contributed by atoms with van der Waals surface area (Å²) in [6, 6.07) is 2.84. The zero-order valence-electron chi connectivity index (χ0n) is 20.1. The van der Waals surface area contributed by atoms with Gasteiger partial charge in [0.1, 0.15) is 0 Å². The lowest BCUT2D eigenvalue weighted by Crippen LogP contribution is -2.33. The van der Waals surface area contributed by atoms with Crippen molar-refractivity contribution in [2.24, 2.45) is 17.8 Å². The van der Waals surface area contributed by atoms with Crippen LogP contribution >= 0.6 is 8.53 Å². The highest BCUT2D eigenvalue weighted by atomic mass is 31.2. The van der Waals surface area contributed by atoms with Crippen LogP contribution in [0.3, 0.4) is 0 Å². The summed E-state index contributed by atoms with van der Waals surface area (Å²) in [5, 5.41) is 8.79. The van der Waals surface area contributed by atoms with Gasteiger partial charge in [0.15, 0.2) is 0 Å². The van der Waals surface area contributed by atoms with Crippen LogP contribution in [-0.4, -0.2) is 43.2 Å². The molecule has 0 N–H and O–H groups in total. The number of unbranched alkanes of at least 4 members (excludes halogenated alkanes) is 3. The Morgan fingerprint density at radius 2 is 1.48 bits per heavy atom. The van der Waals surface area contributed by atoms with E-state index in [0.717, 1.165) is 63.1 Å². The van der Waals surface area contributed by atoms with Crippen molar-refractivity contribution in [1.29, 1.82) is 5.26 Å². The van der Waals surface area contributed by atoms with E-state index in [1.54, 1.807) is 0 Å². The van der Waals surface area contributed by atoms with Gasteiger partial charge in [-0.25, -0.2) is 4.67 Å². The van der Waals surface area contributed by atoms with Crippen LogP contribution in [0.1, 0.15) is 85.5 Å². The van der Waals surface area contributed by atoms with Crippen LogP contribution in [0.2, 0.25) is 0 Å². The summed E-state index contributed by atoms with van der Waals surface area (Å²) in [7, 11) is -1.11. The molecule has 0 saturated heterocycles. The molecule has 0 spiro atoms. The zero-order valence-corrected chi connectivity index (χ0v) is 21.0. The molecule has 2 rings (SSSR count). The second-order valence-electron chi connectivity index (χ2n) is 9.29. The highest BCUT2D eigenvalue weighted by Gasteiger charge is 2.48. The number of nitrogens with zero attached hydrogens (tertiary/aromatic N) is 2. The first-order valence-corrected chi connectivity index (χ1v) is 13.4. The molecule has 0 amide bonds. The molecule has 1 saturated carbocycles. The minimum absolute atomic E-state index is 0.349. The van der Waals surface area contributed by atoms with Gasteiger partial charge in [0.05, 0.1) is 25.7 Å². The van der Waals surface area contributed by atoms with Gasteiger partial charge >= 0.3 is 0 Å². The Morgan fingerprint density at radius 3 is 2.06 bits per heavy atom. The Hall–Kier alpha value is -0.680. The van der Waals surface area contributed by atoms with Gasteiger partial charge in [-0.3, -0.25) is 0 Å². The number of ether oxygens (including phenoxy) is 1. The van der Waals surface area contributed by atoms with Crippen LogP contribution < -0.4 is 0 Å². The zero-order chi connectivity index (χ0) is 22.5. The maximum Gasteiger partial charge on any atom is 0.259 e. The number of hydrogen-bond donors (Lipinski definition) is 0. The van der Waals surface area contributed by atoms with Gasteiger partial charge in [-0.1, -0.05) is 12.8 Å². The standard InChI is InChI=1S/C25H43N2O3P/c1-21(2)27(22(3)4)31(30-19-13-16-26)29-18-12-8-7-11-17-28-20-25-23-14-9-5-6-10-15-24(23)25/h21-25H,7-15,17-20H2,1-4H3/t23-,24+,25?,31?. The maximum atomic E-state index is 8.79. The Labute approximate surface area is 192 Å². The first kappa shape index (κ1) is 26.6. The van der Waals surface area contributed by atoms with Crippen LogP contribution in [0.15, 0.2) is 0 Å². The monoisotopic (exact) mass is 450 g/mol. The molecule has 0 heterocycles. The van der Waals surface area contributed by atoms with Crippen LogP contribution in [0.4, 0.5) is 0 Å². The summed E-state index contributed by atoms with van der Waals surface area (Å²) in [6.45, 7) is 11.6. The smallest absolute Gasteiger partial charge is 0.259 e. The van der Waals surface area contributed by atoms with E-state index in [9.17, 15) is 0 Å². The largest absolute Gasteiger partial charge is 0.381 e. The molecule has 0 aromatic rings. The van der Waals surface area contributed by atoms with Crippen molar-refractivity contribution in [3.05, 3.63) is 0 Å². The highest BCUT2D eigenvalue weighted by Crippen LogP contribution is 2.52. The molecule has 2 aliphatic carbocycles. The Bertz CT molecular complexity index is 570. The molecule has 31 heavy (non-hydrogen) atoms. The molecular formula is C25H43N2O3P. The molecule has 0 bridgehead atoms. The molecule has 2 unspecified atom stereocenters. The minimum atomic E-state index is -1.11. The second kappa shape index (κ2) is 15.2. The van der Waals surface area contributed by atoms with Crippen LogP contribution in [0.5, 0.6) is 0 Å². The lowest BCUT2D eigenvalue weighted by molar-refractivity contribution is 0.113. The lowest BCUT2D eigenvalue weighted by atomic mass is 10.1. The Kier molecular flexibility index (Phi) is 13.0. The van der Waals surface area contributed by atoms with E-state index in [2.05, 4.69) is 50.3 Å². The first-order valence-electron chi connectivity index (χ1n) is 12.3. The van der Waals surface area contributed by atoms with Crippen molar-refractivity contribution in [3.63, 3.8) is 0 Å². The van der Waals surface area contributed by atoms with E-state index in [4.69, 9.17) is 19.0 Å². The van der Waals surface area contributed by atoms with Crippen LogP contribution in [0.25, 0.3) is 0 Å². The summed E-state index contributed by atoms with van der Waals surface area (Å²) in [4.78, 5) is 0. The van der Waals surface area contributed by atoms with E-state index >= 15 is 0 Å². The molecule has 0 aromatic heterocycles. The number of hydrogen-bond acceptors (Lipinski definition) is 5. The van der Waals surface area contributed by atoms with Gasteiger partial charge in [0.25, 0.3) is 8.53 Å². The van der Waals surface area contributed by atoms with E-state index in [1.165, 1.54) is 19.3 Å².